The fourth-order valence-electron chi connectivity index (χ4n) is 3.90. The van der Waals surface area contributed by atoms with E-state index in [4.69, 9.17) is 11.6 Å². The highest BCUT2D eigenvalue weighted by atomic mass is 35.5. The van der Waals surface area contributed by atoms with Gasteiger partial charge in [0, 0.05) is 31.6 Å². The monoisotopic (exact) mass is 488 g/mol. The number of aryl methyl sites for hydroxylation is 1. The van der Waals surface area contributed by atoms with E-state index in [1.807, 2.05) is 25.1 Å². The second kappa shape index (κ2) is 9.62. The van der Waals surface area contributed by atoms with Crippen molar-refractivity contribution in [3.05, 3.63) is 53.1 Å². The van der Waals surface area contributed by atoms with Gasteiger partial charge in [-0.15, -0.1) is 0 Å². The minimum Gasteiger partial charge on any atom is -0.321 e. The molecule has 4 rings (SSSR count). The van der Waals surface area contributed by atoms with Crippen molar-refractivity contribution in [2.24, 2.45) is 5.10 Å². The minimum atomic E-state index is -3.77. The van der Waals surface area contributed by atoms with Crippen molar-refractivity contribution < 1.29 is 18.0 Å². The number of sulfonamides is 1. The van der Waals surface area contributed by atoms with Crippen molar-refractivity contribution in [3.63, 3.8) is 0 Å². The first-order chi connectivity index (χ1) is 15.8. The van der Waals surface area contributed by atoms with Gasteiger partial charge in [-0.25, -0.2) is 13.4 Å². The summed E-state index contributed by atoms with van der Waals surface area (Å²) in [6.45, 7) is 2.81. The quantitative estimate of drug-likeness (QED) is 0.688. The number of piperidine rings is 1. The summed E-state index contributed by atoms with van der Waals surface area (Å²) in [5, 5.41) is 8.31. The van der Waals surface area contributed by atoms with Crippen LogP contribution in [0.15, 0.2) is 52.5 Å². The number of amides is 2. The lowest BCUT2D eigenvalue weighted by atomic mass is 10.1. The Kier molecular flexibility index (Phi) is 6.83. The normalized spacial score (nSPS) is 17.6. The van der Waals surface area contributed by atoms with Crippen molar-refractivity contribution in [2.75, 3.05) is 23.4 Å². The fraction of sp³-hybridized carbons (Fsp3) is 0.348. The van der Waals surface area contributed by atoms with Gasteiger partial charge in [0.05, 0.1) is 10.7 Å². The molecule has 33 heavy (non-hydrogen) atoms. The molecule has 0 radical (unpaired) electrons. The summed E-state index contributed by atoms with van der Waals surface area (Å²) in [6.07, 6.45) is 2.96. The third kappa shape index (κ3) is 5.10. The highest BCUT2D eigenvalue weighted by Gasteiger charge is 2.29. The van der Waals surface area contributed by atoms with E-state index in [2.05, 4.69) is 10.4 Å². The number of hydrazone groups is 1. The van der Waals surface area contributed by atoms with Crippen molar-refractivity contribution >= 4 is 50.5 Å². The van der Waals surface area contributed by atoms with E-state index >= 15 is 0 Å². The molecule has 8 nitrogen and oxygen atoms in total. The highest BCUT2D eigenvalue weighted by molar-refractivity contribution is 7.89. The van der Waals surface area contributed by atoms with Crippen LogP contribution in [0.1, 0.15) is 37.7 Å². The van der Waals surface area contributed by atoms with Gasteiger partial charge < -0.3 is 5.32 Å². The number of benzene rings is 2. The number of hydrogen-bond acceptors (Lipinski definition) is 5. The van der Waals surface area contributed by atoms with Gasteiger partial charge >= 0.3 is 0 Å². The van der Waals surface area contributed by atoms with Gasteiger partial charge in [0.2, 0.25) is 15.9 Å². The van der Waals surface area contributed by atoms with E-state index < -0.39 is 15.9 Å². The van der Waals surface area contributed by atoms with E-state index in [9.17, 15) is 18.0 Å². The summed E-state index contributed by atoms with van der Waals surface area (Å²) < 4.78 is 27.6. The molecule has 0 atom stereocenters. The summed E-state index contributed by atoms with van der Waals surface area (Å²) in [5.74, 6) is -0.692. The molecule has 0 unspecified atom stereocenters. The zero-order chi connectivity index (χ0) is 23.6. The molecule has 0 bridgehead atoms. The van der Waals surface area contributed by atoms with Gasteiger partial charge in [-0.05, 0) is 55.7 Å². The van der Waals surface area contributed by atoms with Crippen LogP contribution in [0.3, 0.4) is 0 Å². The second-order valence-corrected chi connectivity index (χ2v) is 10.5. The summed E-state index contributed by atoms with van der Waals surface area (Å²) in [7, 11) is -3.77. The Morgan fingerprint density at radius 2 is 1.82 bits per heavy atom. The number of anilines is 2. The molecule has 1 N–H and O–H groups in total. The molecular weight excluding hydrogens is 464 g/mol. The number of rotatable bonds is 5. The summed E-state index contributed by atoms with van der Waals surface area (Å²) in [6, 6.07) is 11.7. The van der Waals surface area contributed by atoms with Crippen LogP contribution in [-0.2, 0) is 19.6 Å². The minimum absolute atomic E-state index is 0.0361. The Bertz CT molecular complexity index is 1220. The summed E-state index contributed by atoms with van der Waals surface area (Å²) in [4.78, 5) is 25.2. The van der Waals surface area contributed by atoms with Crippen LogP contribution in [0.4, 0.5) is 11.4 Å². The first-order valence-corrected chi connectivity index (χ1v) is 12.7. The van der Waals surface area contributed by atoms with Gasteiger partial charge in [-0.3, -0.25) is 9.59 Å². The lowest BCUT2D eigenvalue weighted by Gasteiger charge is -2.26. The van der Waals surface area contributed by atoms with Crippen LogP contribution < -0.4 is 10.3 Å². The maximum Gasteiger partial charge on any atom is 0.271 e. The van der Waals surface area contributed by atoms with Crippen LogP contribution >= 0.6 is 11.6 Å². The number of carbonyl (C=O) groups excluding carboxylic acids is 2. The van der Waals surface area contributed by atoms with Crippen molar-refractivity contribution in [1.82, 2.24) is 4.31 Å². The number of nitrogens with zero attached hydrogens (tertiary/aromatic N) is 3. The topological polar surface area (TPSA) is 99.2 Å². The molecule has 0 saturated carbocycles. The Morgan fingerprint density at radius 3 is 2.55 bits per heavy atom. The van der Waals surface area contributed by atoms with Gasteiger partial charge in [-0.2, -0.15) is 9.41 Å². The van der Waals surface area contributed by atoms with Crippen LogP contribution in [-0.4, -0.2) is 43.3 Å². The molecular formula is C23H25ClN4O4S. The molecule has 0 spiro atoms. The lowest BCUT2D eigenvalue weighted by molar-refractivity contribution is -0.118. The third-order valence-corrected chi connectivity index (χ3v) is 8.04. The highest BCUT2D eigenvalue weighted by Crippen LogP contribution is 2.30. The average Bonchev–Trinajstić information content (AvgIpc) is 2.81. The number of nitrogens with one attached hydrogen (secondary N) is 1. The molecule has 2 aliphatic rings. The molecule has 0 aliphatic carbocycles. The van der Waals surface area contributed by atoms with Crippen LogP contribution in [0.5, 0.6) is 0 Å². The molecule has 2 aromatic rings. The van der Waals surface area contributed by atoms with Crippen LogP contribution in [0.2, 0.25) is 5.02 Å². The zero-order valence-corrected chi connectivity index (χ0v) is 19.8. The number of carbonyl (C=O) groups is 2. The van der Waals surface area contributed by atoms with Gasteiger partial charge in [-0.1, -0.05) is 30.2 Å². The SMILES string of the molecule is Cc1cccc(N2N=C(C(=O)Nc3ccc(Cl)c(S(=O)(=O)N4CCCCC4)c3)CCC2=O)c1. The third-order valence-electron chi connectivity index (χ3n) is 5.66. The lowest BCUT2D eigenvalue weighted by Crippen LogP contribution is -2.36. The molecule has 174 valence electrons. The van der Waals surface area contributed by atoms with E-state index in [1.165, 1.54) is 21.4 Å². The molecule has 1 saturated heterocycles. The van der Waals surface area contributed by atoms with Crippen molar-refractivity contribution in [2.45, 2.75) is 43.9 Å². The average molecular weight is 489 g/mol. The number of hydrogen-bond donors (Lipinski definition) is 1. The Hall–Kier alpha value is -2.75. The molecule has 2 aromatic carbocycles. The van der Waals surface area contributed by atoms with Gasteiger partial charge in [0.1, 0.15) is 10.6 Å². The van der Waals surface area contributed by atoms with Crippen molar-refractivity contribution in [1.29, 1.82) is 0 Å². The van der Waals surface area contributed by atoms with E-state index in [0.717, 1.165) is 24.8 Å². The fourth-order valence-corrected chi connectivity index (χ4v) is 5.92. The first kappa shape index (κ1) is 23.4. The summed E-state index contributed by atoms with van der Waals surface area (Å²) >= 11 is 6.21. The van der Waals surface area contributed by atoms with E-state index in [0.29, 0.717) is 24.5 Å². The maximum absolute atomic E-state index is 13.1. The molecule has 0 aromatic heterocycles. The smallest absolute Gasteiger partial charge is 0.271 e. The van der Waals surface area contributed by atoms with Crippen LogP contribution in [0.25, 0.3) is 0 Å². The molecule has 2 heterocycles. The Balaban J connectivity index is 1.56. The van der Waals surface area contributed by atoms with E-state index in [-0.39, 0.29) is 34.4 Å². The van der Waals surface area contributed by atoms with Gasteiger partial charge in [0.25, 0.3) is 5.91 Å². The second-order valence-electron chi connectivity index (χ2n) is 8.16. The largest absolute Gasteiger partial charge is 0.321 e. The number of halogens is 1. The zero-order valence-electron chi connectivity index (χ0n) is 18.3. The van der Waals surface area contributed by atoms with Crippen LogP contribution in [0, 0.1) is 6.92 Å². The first-order valence-electron chi connectivity index (χ1n) is 10.8. The standard InChI is InChI=1S/C23H25ClN4O4S/c1-16-6-5-7-18(14-16)28-22(29)11-10-20(26-28)23(30)25-17-8-9-19(24)21(15-17)33(31,32)27-12-3-2-4-13-27/h5-9,14-15H,2-4,10-13H2,1H3,(H,25,30). The Morgan fingerprint density at radius 1 is 1.06 bits per heavy atom. The molecule has 10 heteroatoms. The molecule has 1 fully saturated rings. The predicted octanol–water partition coefficient (Wildman–Crippen LogP) is 3.94. The Labute approximate surface area is 198 Å². The summed E-state index contributed by atoms with van der Waals surface area (Å²) in [5.41, 5.74) is 2.04. The van der Waals surface area contributed by atoms with Crippen molar-refractivity contribution in [3.8, 4) is 0 Å². The predicted molar refractivity (Wildman–Crippen MR) is 128 cm³/mol. The maximum atomic E-state index is 13.1. The van der Waals surface area contributed by atoms with E-state index in [1.54, 1.807) is 12.1 Å². The molecule has 2 aliphatic heterocycles. The molecule has 2 amide bonds. The van der Waals surface area contributed by atoms with Gasteiger partial charge in [0.15, 0.2) is 0 Å².